The molecular formula is C24H26N2O5. The molecule has 7 heteroatoms. The van der Waals surface area contributed by atoms with Crippen molar-refractivity contribution in [2.24, 2.45) is 0 Å². The van der Waals surface area contributed by atoms with E-state index in [0.29, 0.717) is 47.1 Å². The van der Waals surface area contributed by atoms with Crippen molar-refractivity contribution < 1.29 is 23.8 Å². The Labute approximate surface area is 181 Å². The predicted octanol–water partition coefficient (Wildman–Crippen LogP) is 3.10. The number of imide groups is 1. The van der Waals surface area contributed by atoms with Crippen LogP contribution in [0, 0.1) is 0 Å². The van der Waals surface area contributed by atoms with Gasteiger partial charge in [-0.25, -0.2) is 4.90 Å². The van der Waals surface area contributed by atoms with Crippen molar-refractivity contribution in [3.8, 4) is 11.5 Å². The summed E-state index contributed by atoms with van der Waals surface area (Å²) in [5.41, 5.74) is 1.99. The molecule has 2 atom stereocenters. The fourth-order valence-corrected chi connectivity index (χ4v) is 4.16. The van der Waals surface area contributed by atoms with E-state index in [0.717, 1.165) is 0 Å². The highest BCUT2D eigenvalue weighted by molar-refractivity contribution is 6.45. The number of carbonyl (C=O) groups is 2. The quantitative estimate of drug-likeness (QED) is 0.690. The van der Waals surface area contributed by atoms with Crippen LogP contribution < -0.4 is 14.4 Å². The van der Waals surface area contributed by atoms with Crippen molar-refractivity contribution in [3.05, 3.63) is 59.8 Å². The molecule has 2 amide bonds. The van der Waals surface area contributed by atoms with Gasteiger partial charge in [0.2, 0.25) is 0 Å². The van der Waals surface area contributed by atoms with Crippen LogP contribution in [-0.2, 0) is 14.3 Å². The van der Waals surface area contributed by atoms with Crippen LogP contribution in [-0.4, -0.2) is 56.2 Å². The minimum absolute atomic E-state index is 0.0497. The molecule has 0 N–H and O–H groups in total. The summed E-state index contributed by atoms with van der Waals surface area (Å²) in [6.07, 6.45) is -0.0994. The Hall–Kier alpha value is -3.32. The van der Waals surface area contributed by atoms with Crippen molar-refractivity contribution in [3.63, 3.8) is 0 Å². The number of carbonyl (C=O) groups excluding carboxylic acids is 2. The fraction of sp³-hybridized carbons (Fsp3) is 0.333. The van der Waals surface area contributed by atoms with Crippen molar-refractivity contribution >= 4 is 23.1 Å². The summed E-state index contributed by atoms with van der Waals surface area (Å²) < 4.78 is 16.3. The Kier molecular flexibility index (Phi) is 5.69. The van der Waals surface area contributed by atoms with E-state index in [-0.39, 0.29) is 24.0 Å². The maximum absolute atomic E-state index is 13.6. The summed E-state index contributed by atoms with van der Waals surface area (Å²) in [7, 11) is 3.16. The summed E-state index contributed by atoms with van der Waals surface area (Å²) in [6.45, 7) is 5.02. The summed E-state index contributed by atoms with van der Waals surface area (Å²) in [5, 5.41) is 0. The Morgan fingerprint density at radius 3 is 1.84 bits per heavy atom. The third-order valence-electron chi connectivity index (χ3n) is 5.50. The van der Waals surface area contributed by atoms with Gasteiger partial charge in [-0.3, -0.25) is 9.59 Å². The largest absolute Gasteiger partial charge is 0.497 e. The molecule has 0 spiro atoms. The average Bonchev–Trinajstić information content (AvgIpc) is 3.03. The van der Waals surface area contributed by atoms with Crippen LogP contribution in [0.5, 0.6) is 11.5 Å². The molecule has 1 fully saturated rings. The molecule has 4 rings (SSSR count). The maximum Gasteiger partial charge on any atom is 0.282 e. The first kappa shape index (κ1) is 20.9. The lowest BCUT2D eigenvalue weighted by Crippen LogP contribution is -2.47. The minimum atomic E-state index is -0.345. The van der Waals surface area contributed by atoms with Gasteiger partial charge in [-0.15, -0.1) is 0 Å². The van der Waals surface area contributed by atoms with Crippen LogP contribution in [0.3, 0.4) is 0 Å². The van der Waals surface area contributed by atoms with Crippen molar-refractivity contribution in [1.29, 1.82) is 0 Å². The monoisotopic (exact) mass is 422 g/mol. The van der Waals surface area contributed by atoms with Gasteiger partial charge >= 0.3 is 0 Å². The SMILES string of the molecule is COc1ccc(C2=C(N3CC(C)OC(C)C3)C(=O)N(c3ccc(OC)cc3)C2=O)cc1. The standard InChI is InChI=1S/C24H26N2O5/c1-15-13-25(14-16(2)31-15)22-21(17-5-9-19(29-3)10-6-17)23(27)26(24(22)28)18-7-11-20(30-4)12-8-18/h5-12,15-16H,13-14H2,1-4H3. The van der Waals surface area contributed by atoms with E-state index in [1.54, 1.807) is 50.6 Å². The third kappa shape index (κ3) is 3.88. The van der Waals surface area contributed by atoms with Crippen molar-refractivity contribution in [2.45, 2.75) is 26.1 Å². The number of morpholine rings is 1. The van der Waals surface area contributed by atoms with Gasteiger partial charge in [-0.1, -0.05) is 12.1 Å². The molecule has 0 aliphatic carbocycles. The molecule has 0 radical (unpaired) electrons. The number of hydrogen-bond acceptors (Lipinski definition) is 6. The second-order valence-corrected chi connectivity index (χ2v) is 7.76. The molecule has 2 aromatic rings. The van der Waals surface area contributed by atoms with E-state index >= 15 is 0 Å². The fourth-order valence-electron chi connectivity index (χ4n) is 4.16. The molecule has 1 saturated heterocycles. The molecule has 0 saturated carbocycles. The number of benzene rings is 2. The Morgan fingerprint density at radius 2 is 1.32 bits per heavy atom. The zero-order chi connectivity index (χ0) is 22.1. The van der Waals surface area contributed by atoms with Gasteiger partial charge in [-0.05, 0) is 55.8 Å². The molecule has 2 unspecified atom stereocenters. The lowest BCUT2D eigenvalue weighted by atomic mass is 10.0. The third-order valence-corrected chi connectivity index (χ3v) is 5.50. The molecule has 0 aromatic heterocycles. The maximum atomic E-state index is 13.6. The zero-order valence-electron chi connectivity index (χ0n) is 18.1. The smallest absolute Gasteiger partial charge is 0.282 e. The number of amides is 2. The predicted molar refractivity (Wildman–Crippen MR) is 117 cm³/mol. The number of hydrogen-bond donors (Lipinski definition) is 0. The average molecular weight is 422 g/mol. The van der Waals surface area contributed by atoms with Crippen LogP contribution >= 0.6 is 0 Å². The first-order chi connectivity index (χ1) is 14.9. The highest BCUT2D eigenvalue weighted by atomic mass is 16.5. The Bertz CT molecular complexity index is 1000. The Balaban J connectivity index is 1.80. The van der Waals surface area contributed by atoms with Crippen LogP contribution in [0.15, 0.2) is 54.2 Å². The molecule has 2 heterocycles. The second-order valence-electron chi connectivity index (χ2n) is 7.76. The molecule has 0 bridgehead atoms. The number of nitrogens with zero attached hydrogens (tertiary/aromatic N) is 2. The summed E-state index contributed by atoms with van der Waals surface area (Å²) in [4.78, 5) is 30.4. The van der Waals surface area contributed by atoms with Gasteiger partial charge in [-0.2, -0.15) is 0 Å². The number of methoxy groups -OCH3 is 2. The molecular weight excluding hydrogens is 396 g/mol. The lowest BCUT2D eigenvalue weighted by molar-refractivity contribution is -0.121. The van der Waals surface area contributed by atoms with Crippen LogP contribution in [0.1, 0.15) is 19.4 Å². The first-order valence-electron chi connectivity index (χ1n) is 10.2. The van der Waals surface area contributed by atoms with Gasteiger partial charge in [0.05, 0.1) is 37.7 Å². The topological polar surface area (TPSA) is 68.3 Å². The van der Waals surface area contributed by atoms with Crippen LogP contribution in [0.2, 0.25) is 0 Å². The van der Waals surface area contributed by atoms with E-state index in [1.165, 1.54) is 4.90 Å². The summed E-state index contributed by atoms with van der Waals surface area (Å²) in [5.74, 6) is 0.662. The van der Waals surface area contributed by atoms with Crippen molar-refractivity contribution in [2.75, 3.05) is 32.2 Å². The van der Waals surface area contributed by atoms with Crippen LogP contribution in [0.4, 0.5) is 5.69 Å². The molecule has 7 nitrogen and oxygen atoms in total. The highest BCUT2D eigenvalue weighted by Gasteiger charge is 2.43. The molecule has 2 aromatic carbocycles. The van der Waals surface area contributed by atoms with Gasteiger partial charge in [0.25, 0.3) is 11.8 Å². The summed E-state index contributed by atoms with van der Waals surface area (Å²) in [6, 6.07) is 14.1. The summed E-state index contributed by atoms with van der Waals surface area (Å²) >= 11 is 0. The van der Waals surface area contributed by atoms with Gasteiger partial charge in [0.1, 0.15) is 17.2 Å². The van der Waals surface area contributed by atoms with E-state index < -0.39 is 0 Å². The van der Waals surface area contributed by atoms with E-state index in [9.17, 15) is 9.59 Å². The number of ether oxygens (including phenoxy) is 3. The molecule has 162 valence electrons. The molecule has 2 aliphatic rings. The highest BCUT2D eigenvalue weighted by Crippen LogP contribution is 2.36. The molecule has 2 aliphatic heterocycles. The number of anilines is 1. The normalized spacial score (nSPS) is 21.7. The van der Waals surface area contributed by atoms with E-state index in [1.807, 2.05) is 30.9 Å². The lowest BCUT2D eigenvalue weighted by Gasteiger charge is -2.37. The Morgan fingerprint density at radius 1 is 0.806 bits per heavy atom. The van der Waals surface area contributed by atoms with Gasteiger partial charge < -0.3 is 19.1 Å². The van der Waals surface area contributed by atoms with Crippen molar-refractivity contribution in [1.82, 2.24) is 4.90 Å². The minimum Gasteiger partial charge on any atom is -0.497 e. The van der Waals surface area contributed by atoms with Crippen LogP contribution in [0.25, 0.3) is 5.57 Å². The van der Waals surface area contributed by atoms with Gasteiger partial charge in [0, 0.05) is 13.1 Å². The zero-order valence-corrected chi connectivity index (χ0v) is 18.1. The second kappa shape index (κ2) is 8.43. The molecule has 31 heavy (non-hydrogen) atoms. The van der Waals surface area contributed by atoms with E-state index in [4.69, 9.17) is 14.2 Å². The van der Waals surface area contributed by atoms with E-state index in [2.05, 4.69) is 0 Å². The van der Waals surface area contributed by atoms with Gasteiger partial charge in [0.15, 0.2) is 0 Å². The number of rotatable bonds is 5. The first-order valence-corrected chi connectivity index (χ1v) is 10.2.